The van der Waals surface area contributed by atoms with Crippen LogP contribution in [-0.2, 0) is 14.3 Å². The lowest BCUT2D eigenvalue weighted by Crippen LogP contribution is -2.29. The van der Waals surface area contributed by atoms with Crippen LogP contribution in [0.25, 0.3) is 0 Å². The van der Waals surface area contributed by atoms with Gasteiger partial charge >= 0.3 is 5.97 Å². The molecule has 1 aliphatic carbocycles. The van der Waals surface area contributed by atoms with E-state index in [1.807, 2.05) is 12.2 Å². The minimum absolute atomic E-state index is 0.0974. The molecular formula is C9H8O3. The van der Waals surface area contributed by atoms with Crippen LogP contribution in [-0.4, -0.2) is 11.8 Å². The standard InChI is InChI=1S/C9H8O3/c10-7-5-6-3-1-2-4-8(6)12-9(7)11/h1-2,4,6H,3,5H2. The van der Waals surface area contributed by atoms with Crippen molar-refractivity contribution in [3.05, 3.63) is 24.0 Å². The molecule has 0 bridgehead atoms. The van der Waals surface area contributed by atoms with Crippen molar-refractivity contribution in [2.45, 2.75) is 12.8 Å². The van der Waals surface area contributed by atoms with Gasteiger partial charge in [-0.15, -0.1) is 0 Å². The average Bonchev–Trinajstić information content (AvgIpc) is 2.07. The minimum atomic E-state index is -0.715. The minimum Gasteiger partial charge on any atom is -0.425 e. The predicted molar refractivity (Wildman–Crippen MR) is 41.0 cm³/mol. The van der Waals surface area contributed by atoms with Crippen LogP contribution in [0, 0.1) is 5.92 Å². The van der Waals surface area contributed by atoms with E-state index in [4.69, 9.17) is 4.74 Å². The summed E-state index contributed by atoms with van der Waals surface area (Å²) in [6.07, 6.45) is 6.66. The van der Waals surface area contributed by atoms with Crippen molar-refractivity contribution < 1.29 is 14.3 Å². The lowest BCUT2D eigenvalue weighted by Gasteiger charge is -2.23. The number of carbonyl (C=O) groups is 2. The molecule has 1 fully saturated rings. The zero-order chi connectivity index (χ0) is 8.55. The third-order valence-corrected chi connectivity index (χ3v) is 2.09. The molecule has 3 nitrogen and oxygen atoms in total. The van der Waals surface area contributed by atoms with Crippen LogP contribution in [0.5, 0.6) is 0 Å². The Bertz CT molecular complexity index is 299. The highest BCUT2D eigenvalue weighted by molar-refractivity contribution is 6.34. The smallest absolute Gasteiger partial charge is 0.379 e. The molecule has 1 atom stereocenters. The van der Waals surface area contributed by atoms with Gasteiger partial charge in [0.2, 0.25) is 5.78 Å². The molecule has 0 aromatic carbocycles. The van der Waals surface area contributed by atoms with Crippen molar-refractivity contribution in [1.82, 2.24) is 0 Å². The fraction of sp³-hybridized carbons (Fsp3) is 0.333. The molecule has 0 radical (unpaired) electrons. The highest BCUT2D eigenvalue weighted by Gasteiger charge is 2.32. The van der Waals surface area contributed by atoms with Gasteiger partial charge < -0.3 is 4.74 Å². The van der Waals surface area contributed by atoms with E-state index in [2.05, 4.69) is 0 Å². The van der Waals surface area contributed by atoms with Gasteiger partial charge in [0.1, 0.15) is 5.76 Å². The van der Waals surface area contributed by atoms with Crippen molar-refractivity contribution >= 4 is 11.8 Å². The maximum Gasteiger partial charge on any atom is 0.379 e. The molecule has 2 rings (SSSR count). The van der Waals surface area contributed by atoms with Crippen LogP contribution in [0.15, 0.2) is 24.0 Å². The monoisotopic (exact) mass is 164 g/mol. The second kappa shape index (κ2) is 2.59. The van der Waals surface area contributed by atoms with Gasteiger partial charge in [0, 0.05) is 12.3 Å². The van der Waals surface area contributed by atoms with Gasteiger partial charge in [-0.2, -0.15) is 0 Å². The molecule has 1 heterocycles. The van der Waals surface area contributed by atoms with Crippen molar-refractivity contribution in [2.24, 2.45) is 5.92 Å². The van der Waals surface area contributed by atoms with Crippen molar-refractivity contribution in [3.63, 3.8) is 0 Å². The van der Waals surface area contributed by atoms with Gasteiger partial charge in [0.15, 0.2) is 0 Å². The van der Waals surface area contributed by atoms with E-state index in [1.54, 1.807) is 6.08 Å². The van der Waals surface area contributed by atoms with Crippen molar-refractivity contribution in [2.75, 3.05) is 0 Å². The first-order valence-corrected chi connectivity index (χ1v) is 3.89. The number of hydrogen-bond donors (Lipinski definition) is 0. The summed E-state index contributed by atoms with van der Waals surface area (Å²) in [5, 5.41) is 0. The van der Waals surface area contributed by atoms with Crippen molar-refractivity contribution in [1.29, 1.82) is 0 Å². The quantitative estimate of drug-likeness (QED) is 0.395. The Morgan fingerprint density at radius 2 is 2.25 bits per heavy atom. The molecule has 2 aliphatic rings. The first-order valence-electron chi connectivity index (χ1n) is 3.89. The van der Waals surface area contributed by atoms with Gasteiger partial charge in [-0.05, 0) is 12.5 Å². The molecule has 0 aromatic heterocycles. The SMILES string of the molecule is O=C1CC2CC=CC=C2OC1=O. The Balaban J connectivity index is 2.25. The molecule has 1 aliphatic heterocycles. The second-order valence-corrected chi connectivity index (χ2v) is 2.95. The number of fused-ring (bicyclic) bond motifs is 1. The molecule has 0 amide bonds. The number of hydrogen-bond acceptors (Lipinski definition) is 3. The van der Waals surface area contributed by atoms with Gasteiger partial charge in [-0.3, -0.25) is 4.79 Å². The predicted octanol–water partition coefficient (Wildman–Crippen LogP) is 0.962. The van der Waals surface area contributed by atoms with Crippen LogP contribution < -0.4 is 0 Å². The Morgan fingerprint density at radius 1 is 1.42 bits per heavy atom. The second-order valence-electron chi connectivity index (χ2n) is 2.95. The van der Waals surface area contributed by atoms with Crippen LogP contribution in [0.1, 0.15) is 12.8 Å². The summed E-state index contributed by atoms with van der Waals surface area (Å²) in [6, 6.07) is 0. The van der Waals surface area contributed by atoms with Crippen LogP contribution in [0.4, 0.5) is 0 Å². The van der Waals surface area contributed by atoms with Crippen LogP contribution in [0.3, 0.4) is 0 Å². The third-order valence-electron chi connectivity index (χ3n) is 2.09. The number of esters is 1. The molecule has 1 saturated heterocycles. The fourth-order valence-corrected chi connectivity index (χ4v) is 1.43. The van der Waals surface area contributed by atoms with Gasteiger partial charge in [0.05, 0.1) is 0 Å². The maximum absolute atomic E-state index is 10.9. The van der Waals surface area contributed by atoms with Crippen molar-refractivity contribution in [3.8, 4) is 0 Å². The summed E-state index contributed by atoms with van der Waals surface area (Å²) in [7, 11) is 0. The Morgan fingerprint density at radius 3 is 3.08 bits per heavy atom. The number of carbonyl (C=O) groups excluding carboxylic acids is 2. The van der Waals surface area contributed by atoms with E-state index >= 15 is 0 Å². The molecule has 12 heavy (non-hydrogen) atoms. The normalized spacial score (nSPS) is 27.7. The zero-order valence-corrected chi connectivity index (χ0v) is 6.45. The highest BCUT2D eigenvalue weighted by Crippen LogP contribution is 2.28. The summed E-state index contributed by atoms with van der Waals surface area (Å²) in [5.74, 6) is -0.387. The zero-order valence-electron chi connectivity index (χ0n) is 6.45. The summed E-state index contributed by atoms with van der Waals surface area (Å²) in [4.78, 5) is 21.7. The topological polar surface area (TPSA) is 43.4 Å². The molecule has 3 heteroatoms. The lowest BCUT2D eigenvalue weighted by atomic mass is 9.91. The maximum atomic E-state index is 10.9. The Labute approximate surface area is 69.7 Å². The number of rotatable bonds is 0. The first-order chi connectivity index (χ1) is 5.77. The fourth-order valence-electron chi connectivity index (χ4n) is 1.43. The molecule has 1 unspecified atom stereocenters. The number of ether oxygens (including phenoxy) is 1. The summed E-state index contributed by atoms with van der Waals surface area (Å²) in [5.41, 5.74) is 0. The van der Waals surface area contributed by atoms with E-state index < -0.39 is 11.8 Å². The third kappa shape index (κ3) is 1.07. The Kier molecular flexibility index (Phi) is 1.57. The number of Topliss-reactive ketones (excluding diaryl/α,β-unsaturated/α-hetero) is 1. The van der Waals surface area contributed by atoms with Gasteiger partial charge in [-0.1, -0.05) is 12.2 Å². The molecular weight excluding hydrogens is 156 g/mol. The molecule has 0 saturated carbocycles. The average molecular weight is 164 g/mol. The van der Waals surface area contributed by atoms with E-state index in [1.165, 1.54) is 0 Å². The number of ketones is 1. The van der Waals surface area contributed by atoms with Gasteiger partial charge in [0.25, 0.3) is 0 Å². The summed E-state index contributed by atoms with van der Waals surface area (Å²) < 4.78 is 4.82. The summed E-state index contributed by atoms with van der Waals surface area (Å²) in [6.45, 7) is 0. The molecule has 0 aromatic rings. The van der Waals surface area contributed by atoms with Crippen LogP contribution >= 0.6 is 0 Å². The Hall–Kier alpha value is -1.38. The van der Waals surface area contributed by atoms with Gasteiger partial charge in [-0.25, -0.2) is 4.79 Å². The van der Waals surface area contributed by atoms with Crippen LogP contribution in [0.2, 0.25) is 0 Å². The highest BCUT2D eigenvalue weighted by atomic mass is 16.5. The molecule has 0 N–H and O–H groups in total. The molecule has 0 spiro atoms. The van der Waals surface area contributed by atoms with E-state index in [-0.39, 0.29) is 5.92 Å². The van der Waals surface area contributed by atoms with E-state index in [9.17, 15) is 9.59 Å². The first kappa shape index (κ1) is 7.28. The van der Waals surface area contributed by atoms with E-state index in [0.29, 0.717) is 12.2 Å². The largest absolute Gasteiger partial charge is 0.425 e. The lowest BCUT2D eigenvalue weighted by molar-refractivity contribution is -0.155. The molecule has 62 valence electrons. The number of allylic oxidation sites excluding steroid dienone is 4. The van der Waals surface area contributed by atoms with E-state index in [0.717, 1.165) is 6.42 Å². The summed E-state index contributed by atoms with van der Waals surface area (Å²) >= 11 is 0.